The van der Waals surface area contributed by atoms with Gasteiger partial charge in [0.1, 0.15) is 17.2 Å². The third kappa shape index (κ3) is 6.46. The van der Waals surface area contributed by atoms with Crippen LogP contribution in [0.25, 0.3) is 11.1 Å². The maximum atomic E-state index is 12.7. The summed E-state index contributed by atoms with van der Waals surface area (Å²) in [5.41, 5.74) is 4.73. The highest BCUT2D eigenvalue weighted by Crippen LogP contribution is 2.42. The molecule has 5 rings (SSSR count). The first kappa shape index (κ1) is 27.3. The van der Waals surface area contributed by atoms with Gasteiger partial charge in [0.15, 0.2) is 0 Å². The number of hydrogen-bond donors (Lipinski definition) is 1. The van der Waals surface area contributed by atoms with E-state index in [0.717, 1.165) is 12.0 Å². The van der Waals surface area contributed by atoms with Crippen LogP contribution < -0.4 is 14.8 Å². The van der Waals surface area contributed by atoms with Crippen LogP contribution in [0.4, 0.5) is 0 Å². The van der Waals surface area contributed by atoms with Gasteiger partial charge in [-0.3, -0.25) is 9.59 Å². The Hall–Kier alpha value is -4.29. The summed E-state index contributed by atoms with van der Waals surface area (Å²) in [6.07, 6.45) is 1.27. The van der Waals surface area contributed by atoms with Crippen molar-refractivity contribution in [1.29, 1.82) is 0 Å². The van der Waals surface area contributed by atoms with Crippen molar-refractivity contribution in [2.75, 3.05) is 19.8 Å². The standard InChI is InChI=1S/C33H30ClNO5/c1-2-38-33(37)27-17-19-39-30-21-31(29(34)20-28(27)30)40-26-14-12-25(13-15-26)32(36)35-18-16-22-8-10-24(11-9-22)23-6-4-3-5-7-23/h3-15,20-21,27H,2,16-19H2,1H3,(H,35,36). The van der Waals surface area contributed by atoms with Gasteiger partial charge in [0.25, 0.3) is 5.91 Å². The number of carbonyl (C=O) groups is 2. The van der Waals surface area contributed by atoms with E-state index in [2.05, 4.69) is 41.7 Å². The predicted octanol–water partition coefficient (Wildman–Crippen LogP) is 7.20. The number of carbonyl (C=O) groups excluding carboxylic acids is 2. The Morgan fingerprint density at radius 1 is 0.950 bits per heavy atom. The molecule has 1 heterocycles. The van der Waals surface area contributed by atoms with Crippen LogP contribution in [-0.2, 0) is 16.0 Å². The summed E-state index contributed by atoms with van der Waals surface area (Å²) in [6, 6.07) is 28.9. The average Bonchev–Trinajstić information content (AvgIpc) is 2.98. The van der Waals surface area contributed by atoms with Crippen LogP contribution in [0.15, 0.2) is 91.0 Å². The number of nitrogens with one attached hydrogen (secondary N) is 1. The summed E-state index contributed by atoms with van der Waals surface area (Å²) in [5.74, 6) is 0.621. The molecule has 4 aromatic carbocycles. The Morgan fingerprint density at radius 2 is 1.68 bits per heavy atom. The molecular weight excluding hydrogens is 526 g/mol. The van der Waals surface area contributed by atoms with E-state index in [9.17, 15) is 9.59 Å². The van der Waals surface area contributed by atoms with Gasteiger partial charge in [-0.25, -0.2) is 0 Å². The lowest BCUT2D eigenvalue weighted by molar-refractivity contribution is -0.145. The van der Waals surface area contributed by atoms with Crippen LogP contribution in [-0.4, -0.2) is 31.6 Å². The number of benzene rings is 4. The molecule has 7 heteroatoms. The molecule has 1 unspecified atom stereocenters. The monoisotopic (exact) mass is 555 g/mol. The van der Waals surface area contributed by atoms with Crippen molar-refractivity contribution in [3.05, 3.63) is 113 Å². The van der Waals surface area contributed by atoms with E-state index in [1.807, 2.05) is 18.2 Å². The summed E-state index contributed by atoms with van der Waals surface area (Å²) in [4.78, 5) is 25.0. The summed E-state index contributed by atoms with van der Waals surface area (Å²) in [7, 11) is 0. The third-order valence-electron chi connectivity index (χ3n) is 6.78. The molecule has 1 aliphatic rings. The highest BCUT2D eigenvalue weighted by Gasteiger charge is 2.30. The van der Waals surface area contributed by atoms with Gasteiger partial charge in [0.2, 0.25) is 0 Å². The normalized spacial score (nSPS) is 14.0. The number of esters is 1. The zero-order valence-electron chi connectivity index (χ0n) is 22.2. The number of ether oxygens (including phenoxy) is 3. The second kappa shape index (κ2) is 12.7. The highest BCUT2D eigenvalue weighted by atomic mass is 35.5. The van der Waals surface area contributed by atoms with E-state index in [1.165, 1.54) is 11.1 Å². The molecule has 40 heavy (non-hydrogen) atoms. The minimum absolute atomic E-state index is 0.155. The van der Waals surface area contributed by atoms with E-state index < -0.39 is 5.92 Å². The summed E-state index contributed by atoms with van der Waals surface area (Å²) >= 11 is 6.49. The van der Waals surface area contributed by atoms with Gasteiger partial charge in [-0.2, -0.15) is 0 Å². The fourth-order valence-corrected chi connectivity index (χ4v) is 4.88. The van der Waals surface area contributed by atoms with Crippen molar-refractivity contribution in [3.63, 3.8) is 0 Å². The van der Waals surface area contributed by atoms with Crippen LogP contribution in [0.3, 0.4) is 0 Å². The van der Waals surface area contributed by atoms with Gasteiger partial charge in [-0.1, -0.05) is 66.2 Å². The second-order valence-corrected chi connectivity index (χ2v) is 9.86. The molecule has 0 spiro atoms. The molecule has 1 amide bonds. The topological polar surface area (TPSA) is 73.9 Å². The predicted molar refractivity (Wildman–Crippen MR) is 155 cm³/mol. The quantitative estimate of drug-likeness (QED) is 0.221. The lowest BCUT2D eigenvalue weighted by Crippen LogP contribution is -2.25. The first-order chi connectivity index (χ1) is 19.5. The van der Waals surface area contributed by atoms with Crippen molar-refractivity contribution in [3.8, 4) is 28.4 Å². The van der Waals surface area contributed by atoms with Crippen molar-refractivity contribution in [2.45, 2.75) is 25.7 Å². The molecule has 0 saturated carbocycles. The van der Waals surface area contributed by atoms with E-state index >= 15 is 0 Å². The molecule has 4 aromatic rings. The Labute approximate surface area is 238 Å². The molecule has 0 radical (unpaired) electrons. The zero-order valence-corrected chi connectivity index (χ0v) is 22.9. The molecule has 1 N–H and O–H groups in total. The lowest BCUT2D eigenvalue weighted by Gasteiger charge is -2.25. The Bertz CT molecular complexity index is 1470. The van der Waals surface area contributed by atoms with E-state index in [4.69, 9.17) is 25.8 Å². The molecule has 0 aliphatic carbocycles. The van der Waals surface area contributed by atoms with Crippen molar-refractivity contribution >= 4 is 23.5 Å². The molecule has 0 saturated heterocycles. The maximum absolute atomic E-state index is 12.7. The van der Waals surface area contributed by atoms with Gasteiger partial charge in [0, 0.05) is 23.7 Å². The van der Waals surface area contributed by atoms with Crippen LogP contribution >= 0.6 is 11.6 Å². The van der Waals surface area contributed by atoms with Crippen LogP contribution in [0.1, 0.15) is 40.7 Å². The maximum Gasteiger partial charge on any atom is 0.313 e. The number of fused-ring (bicyclic) bond motifs is 1. The fourth-order valence-electron chi connectivity index (χ4n) is 4.67. The molecule has 0 bridgehead atoms. The van der Waals surface area contributed by atoms with Gasteiger partial charge >= 0.3 is 5.97 Å². The molecular formula is C33H30ClNO5. The molecule has 1 atom stereocenters. The summed E-state index contributed by atoms with van der Waals surface area (Å²) in [6.45, 7) is 3.03. The smallest absolute Gasteiger partial charge is 0.313 e. The largest absolute Gasteiger partial charge is 0.493 e. The van der Waals surface area contributed by atoms with Crippen molar-refractivity contribution < 1.29 is 23.8 Å². The Balaban J connectivity index is 1.16. The summed E-state index contributed by atoms with van der Waals surface area (Å²) < 4.78 is 16.9. The van der Waals surface area contributed by atoms with Gasteiger partial charge in [-0.05, 0) is 66.8 Å². The molecule has 0 fully saturated rings. The minimum atomic E-state index is -0.415. The lowest BCUT2D eigenvalue weighted by atomic mass is 9.93. The highest BCUT2D eigenvalue weighted by molar-refractivity contribution is 6.32. The number of amides is 1. The van der Waals surface area contributed by atoms with Crippen molar-refractivity contribution in [1.82, 2.24) is 5.32 Å². The second-order valence-electron chi connectivity index (χ2n) is 9.46. The van der Waals surface area contributed by atoms with Gasteiger partial charge in [0.05, 0.1) is 24.2 Å². The van der Waals surface area contributed by atoms with Crippen LogP contribution in [0.2, 0.25) is 5.02 Å². The molecule has 1 aliphatic heterocycles. The number of hydrogen-bond acceptors (Lipinski definition) is 5. The Morgan fingerprint density at radius 3 is 2.40 bits per heavy atom. The van der Waals surface area contributed by atoms with Crippen molar-refractivity contribution in [2.24, 2.45) is 0 Å². The first-order valence-electron chi connectivity index (χ1n) is 13.3. The molecule has 0 aromatic heterocycles. The number of halogens is 1. The van der Waals surface area contributed by atoms with E-state index in [-0.39, 0.29) is 11.9 Å². The van der Waals surface area contributed by atoms with Crippen LogP contribution in [0, 0.1) is 0 Å². The third-order valence-corrected chi connectivity index (χ3v) is 7.07. The molecule has 6 nitrogen and oxygen atoms in total. The van der Waals surface area contributed by atoms with Gasteiger partial charge < -0.3 is 19.5 Å². The fraction of sp³-hybridized carbons (Fsp3) is 0.212. The molecule has 204 valence electrons. The Kier molecular flexibility index (Phi) is 8.67. The van der Waals surface area contributed by atoms with E-state index in [1.54, 1.807) is 43.3 Å². The number of rotatable bonds is 9. The summed E-state index contributed by atoms with van der Waals surface area (Å²) in [5, 5.41) is 3.33. The SMILES string of the molecule is CCOC(=O)C1CCOc2cc(Oc3ccc(C(=O)NCCc4ccc(-c5ccccc5)cc4)cc3)c(Cl)cc21. The first-order valence-corrected chi connectivity index (χ1v) is 13.7. The van der Waals surface area contributed by atoms with E-state index in [0.29, 0.717) is 59.6 Å². The van der Waals surface area contributed by atoms with Gasteiger partial charge in [-0.15, -0.1) is 0 Å². The zero-order chi connectivity index (χ0) is 27.9. The average molecular weight is 556 g/mol. The van der Waals surface area contributed by atoms with Crippen LogP contribution in [0.5, 0.6) is 17.2 Å². The minimum Gasteiger partial charge on any atom is -0.493 e.